The zero-order valence-corrected chi connectivity index (χ0v) is 13.3. The van der Waals surface area contributed by atoms with E-state index >= 15 is 0 Å². The molecule has 6 heteroatoms. The number of nitrogens with two attached hydrogens (primary N) is 1. The van der Waals surface area contributed by atoms with Gasteiger partial charge in [0.1, 0.15) is 11.5 Å². The van der Waals surface area contributed by atoms with E-state index in [9.17, 15) is 4.79 Å². The smallest absolute Gasteiger partial charge is 0.234 e. The van der Waals surface area contributed by atoms with Gasteiger partial charge in [-0.1, -0.05) is 6.07 Å². The van der Waals surface area contributed by atoms with Crippen LogP contribution in [0.1, 0.15) is 0 Å². The maximum absolute atomic E-state index is 12.1. The molecule has 0 saturated heterocycles. The molecule has 0 aliphatic heterocycles. The summed E-state index contributed by atoms with van der Waals surface area (Å²) < 4.78 is 10.4. The molecule has 0 saturated carbocycles. The number of carbonyl (C=O) groups is 1. The van der Waals surface area contributed by atoms with Gasteiger partial charge in [-0.3, -0.25) is 4.79 Å². The topological polar surface area (TPSA) is 73.6 Å². The summed E-state index contributed by atoms with van der Waals surface area (Å²) in [5.74, 6) is 1.39. The van der Waals surface area contributed by atoms with E-state index in [1.165, 1.54) is 11.8 Å². The summed E-state index contributed by atoms with van der Waals surface area (Å²) in [6.45, 7) is 0. The third kappa shape index (κ3) is 4.33. The first-order valence-electron chi connectivity index (χ1n) is 6.62. The highest BCUT2D eigenvalue weighted by Gasteiger charge is 2.09. The first-order valence-corrected chi connectivity index (χ1v) is 7.61. The third-order valence-corrected chi connectivity index (χ3v) is 3.90. The second kappa shape index (κ2) is 7.61. The van der Waals surface area contributed by atoms with E-state index in [1.807, 2.05) is 24.3 Å². The van der Waals surface area contributed by atoms with Crippen molar-refractivity contribution in [1.29, 1.82) is 0 Å². The van der Waals surface area contributed by atoms with Gasteiger partial charge in [0.2, 0.25) is 5.91 Å². The lowest BCUT2D eigenvalue weighted by Crippen LogP contribution is -2.14. The first kappa shape index (κ1) is 16.0. The van der Waals surface area contributed by atoms with Gasteiger partial charge < -0.3 is 20.5 Å². The number of amides is 1. The molecule has 0 aliphatic carbocycles. The number of hydrogen-bond donors (Lipinski definition) is 2. The molecule has 3 N–H and O–H groups in total. The Morgan fingerprint density at radius 1 is 1.18 bits per heavy atom. The molecule has 0 bridgehead atoms. The largest absolute Gasteiger partial charge is 0.497 e. The van der Waals surface area contributed by atoms with Gasteiger partial charge in [-0.05, 0) is 30.3 Å². The van der Waals surface area contributed by atoms with Gasteiger partial charge in [-0.2, -0.15) is 0 Å². The molecule has 0 radical (unpaired) electrons. The number of benzene rings is 2. The molecule has 116 valence electrons. The molecule has 0 aromatic heterocycles. The summed E-state index contributed by atoms with van der Waals surface area (Å²) in [5.41, 5.74) is 6.98. The standard InChI is InChI=1S/C16H18N2O3S/c1-20-12-6-7-15(21-2)14(9-12)18-16(19)10-22-13-5-3-4-11(17)8-13/h3-9H,10,17H2,1-2H3,(H,18,19). The minimum atomic E-state index is -0.126. The van der Waals surface area contributed by atoms with E-state index in [-0.39, 0.29) is 11.7 Å². The van der Waals surface area contributed by atoms with E-state index in [1.54, 1.807) is 32.4 Å². The average Bonchev–Trinajstić information content (AvgIpc) is 2.53. The summed E-state index contributed by atoms with van der Waals surface area (Å²) in [5, 5.41) is 2.83. The Morgan fingerprint density at radius 2 is 2.00 bits per heavy atom. The third-order valence-electron chi connectivity index (χ3n) is 2.91. The lowest BCUT2D eigenvalue weighted by molar-refractivity contribution is -0.113. The molecule has 0 fully saturated rings. The average molecular weight is 318 g/mol. The number of anilines is 2. The molecule has 5 nitrogen and oxygen atoms in total. The van der Waals surface area contributed by atoms with E-state index < -0.39 is 0 Å². The van der Waals surface area contributed by atoms with Crippen LogP contribution in [-0.2, 0) is 4.79 Å². The molecule has 0 aliphatic rings. The monoisotopic (exact) mass is 318 g/mol. The zero-order chi connectivity index (χ0) is 15.9. The summed E-state index contributed by atoms with van der Waals surface area (Å²) in [6.07, 6.45) is 0. The van der Waals surface area contributed by atoms with Crippen LogP contribution in [0.5, 0.6) is 11.5 Å². The molecule has 1 amide bonds. The maximum atomic E-state index is 12.1. The number of ether oxygens (including phenoxy) is 2. The van der Waals surface area contributed by atoms with Gasteiger partial charge in [0.25, 0.3) is 0 Å². The van der Waals surface area contributed by atoms with Crippen LogP contribution >= 0.6 is 11.8 Å². The Bertz CT molecular complexity index is 662. The van der Waals surface area contributed by atoms with Crippen molar-refractivity contribution in [3.63, 3.8) is 0 Å². The van der Waals surface area contributed by atoms with Crippen LogP contribution in [0.3, 0.4) is 0 Å². The number of methoxy groups -OCH3 is 2. The lowest BCUT2D eigenvalue weighted by atomic mass is 10.2. The quantitative estimate of drug-likeness (QED) is 0.632. The van der Waals surface area contributed by atoms with Crippen molar-refractivity contribution in [1.82, 2.24) is 0 Å². The van der Waals surface area contributed by atoms with Gasteiger partial charge in [0, 0.05) is 16.6 Å². The lowest BCUT2D eigenvalue weighted by Gasteiger charge is -2.11. The second-order valence-corrected chi connectivity index (χ2v) is 5.52. The van der Waals surface area contributed by atoms with E-state index in [0.717, 1.165) is 4.90 Å². The van der Waals surface area contributed by atoms with Crippen molar-refractivity contribution in [3.05, 3.63) is 42.5 Å². The molecule has 2 aromatic carbocycles. The number of carbonyl (C=O) groups excluding carboxylic acids is 1. The molecule has 0 heterocycles. The highest BCUT2D eigenvalue weighted by Crippen LogP contribution is 2.29. The van der Waals surface area contributed by atoms with Crippen molar-refractivity contribution >= 4 is 29.0 Å². The Balaban J connectivity index is 1.99. The Labute approximate surface area is 133 Å². The summed E-state index contributed by atoms with van der Waals surface area (Å²) in [6, 6.07) is 12.7. The van der Waals surface area contributed by atoms with Crippen molar-refractivity contribution in [2.45, 2.75) is 4.90 Å². The van der Waals surface area contributed by atoms with Crippen molar-refractivity contribution in [3.8, 4) is 11.5 Å². The minimum Gasteiger partial charge on any atom is -0.497 e. The van der Waals surface area contributed by atoms with Crippen LogP contribution in [-0.4, -0.2) is 25.9 Å². The van der Waals surface area contributed by atoms with Crippen LogP contribution in [0.25, 0.3) is 0 Å². The SMILES string of the molecule is COc1ccc(OC)c(NC(=O)CSc2cccc(N)c2)c1. The number of nitrogen functional groups attached to an aromatic ring is 1. The van der Waals surface area contributed by atoms with Gasteiger partial charge in [-0.25, -0.2) is 0 Å². The summed E-state index contributed by atoms with van der Waals surface area (Å²) >= 11 is 1.42. The Kier molecular flexibility index (Phi) is 5.55. The van der Waals surface area contributed by atoms with Crippen molar-refractivity contribution in [2.24, 2.45) is 0 Å². The molecule has 0 spiro atoms. The highest BCUT2D eigenvalue weighted by atomic mass is 32.2. The van der Waals surface area contributed by atoms with E-state index in [2.05, 4.69) is 5.32 Å². The van der Waals surface area contributed by atoms with Crippen LogP contribution in [0, 0.1) is 0 Å². The van der Waals surface area contributed by atoms with Crippen LogP contribution in [0.2, 0.25) is 0 Å². The van der Waals surface area contributed by atoms with Gasteiger partial charge in [-0.15, -0.1) is 11.8 Å². The number of hydrogen-bond acceptors (Lipinski definition) is 5. The van der Waals surface area contributed by atoms with Crippen LogP contribution in [0.15, 0.2) is 47.4 Å². The van der Waals surface area contributed by atoms with Gasteiger partial charge in [0.15, 0.2) is 0 Å². The fraction of sp³-hybridized carbons (Fsp3) is 0.188. The van der Waals surface area contributed by atoms with Crippen LogP contribution in [0.4, 0.5) is 11.4 Å². The summed E-state index contributed by atoms with van der Waals surface area (Å²) in [7, 11) is 3.13. The molecular weight excluding hydrogens is 300 g/mol. The molecule has 0 unspecified atom stereocenters. The predicted molar refractivity (Wildman–Crippen MR) is 89.8 cm³/mol. The fourth-order valence-corrected chi connectivity index (χ4v) is 2.62. The molecule has 2 aromatic rings. The molecule has 22 heavy (non-hydrogen) atoms. The fourth-order valence-electron chi connectivity index (χ4n) is 1.85. The Morgan fingerprint density at radius 3 is 2.68 bits per heavy atom. The minimum absolute atomic E-state index is 0.126. The summed E-state index contributed by atoms with van der Waals surface area (Å²) in [4.78, 5) is 13.0. The highest BCUT2D eigenvalue weighted by molar-refractivity contribution is 8.00. The predicted octanol–water partition coefficient (Wildman–Crippen LogP) is 3.02. The maximum Gasteiger partial charge on any atom is 0.234 e. The van der Waals surface area contributed by atoms with E-state index in [4.69, 9.17) is 15.2 Å². The Hall–Kier alpha value is -2.34. The molecule has 2 rings (SSSR count). The molecular formula is C16H18N2O3S. The number of rotatable bonds is 6. The first-order chi connectivity index (χ1) is 10.6. The number of nitrogens with one attached hydrogen (secondary N) is 1. The zero-order valence-electron chi connectivity index (χ0n) is 12.5. The van der Waals surface area contributed by atoms with Crippen LogP contribution < -0.4 is 20.5 Å². The van der Waals surface area contributed by atoms with Gasteiger partial charge in [0.05, 0.1) is 25.7 Å². The van der Waals surface area contributed by atoms with Crippen molar-refractivity contribution < 1.29 is 14.3 Å². The van der Waals surface area contributed by atoms with E-state index in [0.29, 0.717) is 22.9 Å². The normalized spacial score (nSPS) is 10.1. The molecule has 0 atom stereocenters. The number of thioether (sulfide) groups is 1. The van der Waals surface area contributed by atoms with Crippen molar-refractivity contribution in [2.75, 3.05) is 31.0 Å². The van der Waals surface area contributed by atoms with Gasteiger partial charge >= 0.3 is 0 Å². The second-order valence-electron chi connectivity index (χ2n) is 4.48.